The maximum atomic E-state index is 13.5. The Bertz CT molecular complexity index is 1320. The Morgan fingerprint density at radius 2 is 1.78 bits per heavy atom. The monoisotopic (exact) mass is 534 g/mol. The van der Waals surface area contributed by atoms with Gasteiger partial charge in [0.25, 0.3) is 0 Å². The second-order valence-electron chi connectivity index (χ2n) is 10.1. The lowest BCUT2D eigenvalue weighted by molar-refractivity contribution is -0.124. The average Bonchev–Trinajstić information content (AvgIpc) is 3.12. The van der Waals surface area contributed by atoms with Crippen LogP contribution in [0.5, 0.6) is 5.75 Å². The van der Waals surface area contributed by atoms with Gasteiger partial charge in [0.1, 0.15) is 12.4 Å². The molecular formula is C27H34ClN3O4S. The van der Waals surface area contributed by atoms with Crippen molar-refractivity contribution in [2.24, 2.45) is 0 Å². The SMILES string of the molecule is [2H]C([2H])([2H])N1C(=O)C2(CCN(CCOc3ccc(C4CCN(S(C)(=O)=O)CC4)cc3)CC2)c2cc(Cl)ccc21. The van der Waals surface area contributed by atoms with Crippen LogP contribution < -0.4 is 9.64 Å². The number of hydrogen-bond acceptors (Lipinski definition) is 5. The molecule has 3 aliphatic heterocycles. The fourth-order valence-corrected chi connectivity index (χ4v) is 6.86. The third-order valence-electron chi connectivity index (χ3n) is 7.99. The first-order chi connectivity index (χ1) is 18.4. The second-order valence-corrected chi connectivity index (χ2v) is 12.5. The van der Waals surface area contributed by atoms with Crippen molar-refractivity contribution in [3.8, 4) is 5.75 Å². The van der Waals surface area contributed by atoms with Crippen LogP contribution in [-0.2, 0) is 20.2 Å². The number of halogens is 1. The zero-order valence-corrected chi connectivity index (χ0v) is 22.0. The van der Waals surface area contributed by atoms with Crippen LogP contribution in [0.25, 0.3) is 0 Å². The van der Waals surface area contributed by atoms with Crippen LogP contribution in [0.2, 0.25) is 5.02 Å². The van der Waals surface area contributed by atoms with Crippen molar-refractivity contribution in [3.05, 3.63) is 58.6 Å². The molecule has 0 atom stereocenters. The zero-order valence-electron chi connectivity index (χ0n) is 23.5. The van der Waals surface area contributed by atoms with E-state index in [1.165, 1.54) is 11.8 Å². The Balaban J connectivity index is 1.14. The van der Waals surface area contributed by atoms with E-state index in [-0.39, 0.29) is 5.91 Å². The molecule has 2 aromatic rings. The number of sulfonamides is 1. The fourth-order valence-electron chi connectivity index (χ4n) is 5.82. The largest absolute Gasteiger partial charge is 0.492 e. The quantitative estimate of drug-likeness (QED) is 0.562. The van der Waals surface area contributed by atoms with E-state index < -0.39 is 22.4 Å². The van der Waals surface area contributed by atoms with Crippen LogP contribution in [0, 0.1) is 0 Å². The third-order valence-corrected chi connectivity index (χ3v) is 9.53. The molecule has 2 fully saturated rings. The van der Waals surface area contributed by atoms with Gasteiger partial charge < -0.3 is 9.64 Å². The highest BCUT2D eigenvalue weighted by atomic mass is 35.5. The lowest BCUT2D eigenvalue weighted by atomic mass is 9.73. The molecule has 1 spiro atoms. The van der Waals surface area contributed by atoms with Crippen molar-refractivity contribution >= 4 is 33.2 Å². The van der Waals surface area contributed by atoms with Gasteiger partial charge in [0.05, 0.1) is 11.7 Å². The van der Waals surface area contributed by atoms with Crippen molar-refractivity contribution in [2.75, 3.05) is 57.5 Å². The topological polar surface area (TPSA) is 70.2 Å². The van der Waals surface area contributed by atoms with Gasteiger partial charge in [0.2, 0.25) is 15.9 Å². The van der Waals surface area contributed by atoms with Crippen LogP contribution in [0.3, 0.4) is 0 Å². The number of fused-ring (bicyclic) bond motifs is 2. The molecule has 0 N–H and O–H groups in total. The molecule has 36 heavy (non-hydrogen) atoms. The molecule has 3 aliphatic rings. The Morgan fingerprint density at radius 1 is 1.08 bits per heavy atom. The number of benzene rings is 2. The summed E-state index contributed by atoms with van der Waals surface area (Å²) in [6.45, 7) is 1.06. The van der Waals surface area contributed by atoms with Gasteiger partial charge in [0.15, 0.2) is 0 Å². The number of hydrogen-bond donors (Lipinski definition) is 0. The first-order valence-corrected chi connectivity index (χ1v) is 14.7. The van der Waals surface area contributed by atoms with Gasteiger partial charge in [-0.05, 0) is 86.1 Å². The molecule has 5 rings (SSSR count). The summed E-state index contributed by atoms with van der Waals surface area (Å²) < 4.78 is 54.8. The standard InChI is InChI=1S/C27H34ClN3O4S/c1-29-25-8-5-22(28)19-24(25)27(26(29)32)11-15-30(16-12-27)17-18-35-23-6-3-20(4-7-23)21-9-13-31(14-10-21)36(2,33)34/h3-8,19,21H,9-18H2,1-2H3/i1D3. The highest BCUT2D eigenvalue weighted by molar-refractivity contribution is 7.88. The molecule has 0 unspecified atom stereocenters. The highest BCUT2D eigenvalue weighted by Gasteiger charge is 2.50. The van der Waals surface area contributed by atoms with E-state index in [2.05, 4.69) is 17.0 Å². The first kappa shape index (κ1) is 21.9. The maximum Gasteiger partial charge on any atom is 0.237 e. The number of rotatable bonds is 6. The molecule has 194 valence electrons. The van der Waals surface area contributed by atoms with Crippen molar-refractivity contribution in [3.63, 3.8) is 0 Å². The summed E-state index contributed by atoms with van der Waals surface area (Å²) in [6, 6.07) is 13.1. The van der Waals surface area contributed by atoms with E-state index in [0.29, 0.717) is 74.4 Å². The number of piperidine rings is 2. The third kappa shape index (κ3) is 4.88. The molecule has 2 aromatic carbocycles. The molecular weight excluding hydrogens is 498 g/mol. The maximum absolute atomic E-state index is 13.5. The van der Waals surface area contributed by atoms with E-state index in [9.17, 15) is 13.2 Å². The summed E-state index contributed by atoms with van der Waals surface area (Å²) in [4.78, 5) is 16.7. The van der Waals surface area contributed by atoms with Crippen LogP contribution >= 0.6 is 11.6 Å². The molecule has 0 radical (unpaired) electrons. The summed E-state index contributed by atoms with van der Waals surface area (Å²) in [5.41, 5.74) is 1.49. The van der Waals surface area contributed by atoms with Gasteiger partial charge in [-0.1, -0.05) is 23.7 Å². The number of anilines is 1. The zero-order chi connectivity index (χ0) is 28.0. The van der Waals surface area contributed by atoms with Gasteiger partial charge in [-0.2, -0.15) is 0 Å². The van der Waals surface area contributed by atoms with Gasteiger partial charge >= 0.3 is 0 Å². The van der Waals surface area contributed by atoms with Crippen molar-refractivity contribution in [2.45, 2.75) is 37.0 Å². The summed E-state index contributed by atoms with van der Waals surface area (Å²) in [7, 11) is -3.13. The van der Waals surface area contributed by atoms with E-state index in [1.807, 2.05) is 12.1 Å². The number of carbonyl (C=O) groups excluding carboxylic acids is 1. The number of nitrogens with zero attached hydrogens (tertiary/aromatic N) is 3. The molecule has 7 nitrogen and oxygen atoms in total. The minimum Gasteiger partial charge on any atom is -0.492 e. The normalized spacial score (nSPS) is 22.8. The minimum atomic E-state index is -3.13. The number of likely N-dealkylation sites (N-methyl/N-ethyl adjacent to an activating group) is 1. The molecule has 3 heterocycles. The van der Waals surface area contributed by atoms with Crippen LogP contribution in [0.15, 0.2) is 42.5 Å². The minimum absolute atomic E-state index is 0.345. The van der Waals surface area contributed by atoms with Gasteiger partial charge in [-0.15, -0.1) is 0 Å². The summed E-state index contributed by atoms with van der Waals surface area (Å²) in [5, 5.41) is 0.495. The molecule has 0 aromatic heterocycles. The van der Waals surface area contributed by atoms with Gasteiger partial charge in [0, 0.05) is 41.4 Å². The van der Waals surface area contributed by atoms with Crippen molar-refractivity contribution in [1.29, 1.82) is 0 Å². The second kappa shape index (κ2) is 9.97. The van der Waals surface area contributed by atoms with Crippen LogP contribution in [0.4, 0.5) is 5.69 Å². The number of amides is 1. The molecule has 0 aliphatic carbocycles. The highest BCUT2D eigenvalue weighted by Crippen LogP contribution is 2.48. The average molecular weight is 535 g/mol. The van der Waals surface area contributed by atoms with Crippen molar-refractivity contribution in [1.82, 2.24) is 9.21 Å². The number of likely N-dealkylation sites (tertiary alicyclic amines) is 1. The summed E-state index contributed by atoms with van der Waals surface area (Å²) >= 11 is 6.25. The lowest BCUT2D eigenvalue weighted by Gasteiger charge is -2.38. The Morgan fingerprint density at radius 3 is 2.42 bits per heavy atom. The van der Waals surface area contributed by atoms with Gasteiger partial charge in [-0.3, -0.25) is 9.69 Å². The Labute approximate surface area is 223 Å². The van der Waals surface area contributed by atoms with Gasteiger partial charge in [-0.25, -0.2) is 12.7 Å². The fraction of sp³-hybridized carbons (Fsp3) is 0.519. The van der Waals surface area contributed by atoms with Crippen molar-refractivity contribution < 1.29 is 22.1 Å². The van der Waals surface area contributed by atoms with E-state index in [0.717, 1.165) is 23.5 Å². The van der Waals surface area contributed by atoms with Crippen LogP contribution in [0.1, 0.15) is 46.8 Å². The molecule has 0 bridgehead atoms. The van der Waals surface area contributed by atoms with Crippen LogP contribution in [-0.4, -0.2) is 76.1 Å². The molecule has 2 saturated heterocycles. The summed E-state index contributed by atoms with van der Waals surface area (Å²) in [6.07, 6.45) is 3.94. The van der Waals surface area contributed by atoms with E-state index in [1.54, 1.807) is 22.5 Å². The van der Waals surface area contributed by atoms with E-state index in [4.69, 9.17) is 20.5 Å². The number of carbonyl (C=O) groups is 1. The predicted molar refractivity (Wildman–Crippen MR) is 143 cm³/mol. The predicted octanol–water partition coefficient (Wildman–Crippen LogP) is 3.87. The molecule has 1 amide bonds. The molecule has 0 saturated carbocycles. The number of ether oxygens (including phenoxy) is 1. The Kier molecular flexibility index (Phi) is 6.07. The first-order valence-electron chi connectivity index (χ1n) is 13.9. The molecule has 9 heteroatoms. The van der Waals surface area contributed by atoms with E-state index >= 15 is 0 Å². The lowest BCUT2D eigenvalue weighted by Crippen LogP contribution is -2.48. The summed E-state index contributed by atoms with van der Waals surface area (Å²) in [5.74, 6) is 0.763. The smallest absolute Gasteiger partial charge is 0.237 e. The Hall–Kier alpha value is -2.13.